The van der Waals surface area contributed by atoms with E-state index < -0.39 is 0 Å². The lowest BCUT2D eigenvalue weighted by molar-refractivity contribution is 0.397. The number of aryl methyl sites for hydroxylation is 2. The van der Waals surface area contributed by atoms with Gasteiger partial charge >= 0.3 is 0 Å². The van der Waals surface area contributed by atoms with Gasteiger partial charge in [0.25, 0.3) is 0 Å². The largest absolute Gasteiger partial charge is 0.481 e. The molecule has 0 aliphatic heterocycles. The van der Waals surface area contributed by atoms with Crippen LogP contribution in [0.1, 0.15) is 28.3 Å². The molecule has 0 saturated heterocycles. The quantitative estimate of drug-likeness (QED) is 0.932. The Kier molecular flexibility index (Phi) is 4.35. The maximum atomic E-state index is 14.1. The minimum atomic E-state index is -0.384. The van der Waals surface area contributed by atoms with Crippen LogP contribution in [0.15, 0.2) is 30.5 Å². The van der Waals surface area contributed by atoms with E-state index in [2.05, 4.69) is 4.98 Å². The van der Waals surface area contributed by atoms with E-state index in [0.717, 1.165) is 16.7 Å². The van der Waals surface area contributed by atoms with Crippen molar-refractivity contribution in [3.05, 3.63) is 58.5 Å². The molecule has 0 bridgehead atoms. The van der Waals surface area contributed by atoms with Crippen LogP contribution in [0.2, 0.25) is 0 Å². The molecule has 1 atom stereocenters. The number of methoxy groups -OCH3 is 1. The zero-order valence-electron chi connectivity index (χ0n) is 12.0. The molecule has 0 amide bonds. The molecule has 0 saturated carbocycles. The molecular formula is C16H19FN2O. The zero-order valence-corrected chi connectivity index (χ0v) is 12.0. The topological polar surface area (TPSA) is 48.1 Å². The van der Waals surface area contributed by atoms with Crippen LogP contribution in [0.25, 0.3) is 0 Å². The number of nitrogens with two attached hydrogens (primary N) is 1. The smallest absolute Gasteiger partial charge is 0.212 e. The van der Waals surface area contributed by atoms with Crippen molar-refractivity contribution in [1.29, 1.82) is 0 Å². The minimum Gasteiger partial charge on any atom is -0.481 e. The second kappa shape index (κ2) is 6.01. The van der Waals surface area contributed by atoms with Crippen molar-refractivity contribution in [2.24, 2.45) is 5.73 Å². The van der Waals surface area contributed by atoms with E-state index in [1.165, 1.54) is 6.07 Å². The molecule has 0 spiro atoms. The molecule has 106 valence electrons. The highest BCUT2D eigenvalue weighted by molar-refractivity contribution is 5.35. The molecule has 1 aromatic carbocycles. The summed E-state index contributed by atoms with van der Waals surface area (Å²) in [5.74, 6) is 0.316. The fourth-order valence-electron chi connectivity index (χ4n) is 2.40. The van der Waals surface area contributed by atoms with E-state index >= 15 is 0 Å². The summed E-state index contributed by atoms with van der Waals surface area (Å²) in [6.45, 7) is 3.76. The van der Waals surface area contributed by atoms with Crippen LogP contribution in [-0.4, -0.2) is 12.1 Å². The van der Waals surface area contributed by atoms with Crippen molar-refractivity contribution in [2.75, 3.05) is 7.11 Å². The van der Waals surface area contributed by atoms with Crippen LogP contribution in [0, 0.1) is 19.7 Å². The van der Waals surface area contributed by atoms with Gasteiger partial charge in [-0.3, -0.25) is 0 Å². The fraction of sp³-hybridized carbons (Fsp3) is 0.312. The average molecular weight is 274 g/mol. The van der Waals surface area contributed by atoms with Crippen LogP contribution in [0.3, 0.4) is 0 Å². The lowest BCUT2D eigenvalue weighted by Crippen LogP contribution is -2.17. The minimum absolute atomic E-state index is 0.239. The summed E-state index contributed by atoms with van der Waals surface area (Å²) in [4.78, 5) is 4.13. The molecular weight excluding hydrogens is 255 g/mol. The van der Waals surface area contributed by atoms with Gasteiger partial charge in [-0.15, -0.1) is 0 Å². The predicted octanol–water partition coefficient (Wildman–Crippen LogP) is 3.09. The van der Waals surface area contributed by atoms with Crippen molar-refractivity contribution in [3.8, 4) is 5.88 Å². The third-order valence-electron chi connectivity index (χ3n) is 3.31. The number of benzene rings is 1. The maximum Gasteiger partial charge on any atom is 0.212 e. The number of aromatic nitrogens is 1. The Morgan fingerprint density at radius 1 is 1.30 bits per heavy atom. The number of rotatable bonds is 4. The van der Waals surface area contributed by atoms with Gasteiger partial charge in [-0.05, 0) is 43.0 Å². The highest BCUT2D eigenvalue weighted by atomic mass is 19.1. The van der Waals surface area contributed by atoms with E-state index in [1.807, 2.05) is 26.0 Å². The predicted molar refractivity (Wildman–Crippen MR) is 77.3 cm³/mol. The number of halogens is 1. The number of pyridine rings is 1. The molecule has 1 heterocycles. The monoisotopic (exact) mass is 274 g/mol. The Labute approximate surface area is 118 Å². The first kappa shape index (κ1) is 14.5. The van der Waals surface area contributed by atoms with Gasteiger partial charge in [0, 0.05) is 23.9 Å². The molecule has 1 aromatic heterocycles. The zero-order chi connectivity index (χ0) is 14.7. The van der Waals surface area contributed by atoms with Crippen LogP contribution in [-0.2, 0) is 6.42 Å². The average Bonchev–Trinajstić information content (AvgIpc) is 2.38. The standard InChI is InChI=1S/C16H19FN2O/c1-10-6-11(2)16(13(17)7-10)14(18)8-12-4-5-15(20-3)19-9-12/h4-7,9,14H,8,18H2,1-3H3. The number of hydrogen-bond donors (Lipinski definition) is 1. The molecule has 2 N–H and O–H groups in total. The van der Waals surface area contributed by atoms with Crippen molar-refractivity contribution in [1.82, 2.24) is 4.98 Å². The summed E-state index contributed by atoms with van der Waals surface area (Å²) in [5, 5.41) is 0. The van der Waals surface area contributed by atoms with Crippen LogP contribution >= 0.6 is 0 Å². The Hall–Kier alpha value is -1.94. The van der Waals surface area contributed by atoms with E-state index in [1.54, 1.807) is 19.4 Å². The number of ether oxygens (including phenoxy) is 1. The number of nitrogens with zero attached hydrogens (tertiary/aromatic N) is 1. The van der Waals surface area contributed by atoms with Crippen molar-refractivity contribution in [3.63, 3.8) is 0 Å². The first-order valence-electron chi connectivity index (χ1n) is 6.52. The SMILES string of the molecule is COc1ccc(CC(N)c2c(C)cc(C)cc2F)cn1. The highest BCUT2D eigenvalue weighted by Crippen LogP contribution is 2.24. The van der Waals surface area contributed by atoms with E-state index in [4.69, 9.17) is 10.5 Å². The molecule has 20 heavy (non-hydrogen) atoms. The van der Waals surface area contributed by atoms with Gasteiger partial charge in [0.2, 0.25) is 5.88 Å². The third kappa shape index (κ3) is 3.14. The Bertz CT molecular complexity index is 573. The van der Waals surface area contributed by atoms with Crippen LogP contribution < -0.4 is 10.5 Å². The van der Waals surface area contributed by atoms with Crippen molar-refractivity contribution in [2.45, 2.75) is 26.3 Å². The molecule has 2 aromatic rings. The summed E-state index contributed by atoms with van der Waals surface area (Å²) in [6, 6.07) is 6.76. The lowest BCUT2D eigenvalue weighted by atomic mass is 9.95. The molecule has 0 aliphatic rings. The van der Waals surface area contributed by atoms with Gasteiger partial charge in [-0.1, -0.05) is 12.1 Å². The second-order valence-electron chi connectivity index (χ2n) is 5.00. The van der Waals surface area contributed by atoms with Gasteiger partial charge in [0.1, 0.15) is 5.82 Å². The molecule has 2 rings (SSSR count). The van der Waals surface area contributed by atoms with E-state index in [0.29, 0.717) is 17.9 Å². The fourth-order valence-corrected chi connectivity index (χ4v) is 2.40. The first-order valence-corrected chi connectivity index (χ1v) is 6.52. The third-order valence-corrected chi connectivity index (χ3v) is 3.31. The molecule has 0 aliphatic carbocycles. The van der Waals surface area contributed by atoms with E-state index in [9.17, 15) is 4.39 Å². The van der Waals surface area contributed by atoms with E-state index in [-0.39, 0.29) is 11.9 Å². The van der Waals surface area contributed by atoms with Crippen LogP contribution in [0.4, 0.5) is 4.39 Å². The van der Waals surface area contributed by atoms with Gasteiger partial charge < -0.3 is 10.5 Å². The normalized spacial score (nSPS) is 12.2. The molecule has 3 nitrogen and oxygen atoms in total. The molecule has 0 fully saturated rings. The molecule has 4 heteroatoms. The van der Waals surface area contributed by atoms with Crippen molar-refractivity contribution >= 4 is 0 Å². The Balaban J connectivity index is 2.21. The summed E-state index contributed by atoms with van der Waals surface area (Å²) < 4.78 is 19.1. The summed E-state index contributed by atoms with van der Waals surface area (Å²) in [6.07, 6.45) is 2.25. The lowest BCUT2D eigenvalue weighted by Gasteiger charge is -2.16. The summed E-state index contributed by atoms with van der Waals surface area (Å²) in [5.41, 5.74) is 9.47. The Morgan fingerprint density at radius 2 is 2.05 bits per heavy atom. The van der Waals surface area contributed by atoms with Gasteiger partial charge in [-0.2, -0.15) is 0 Å². The summed E-state index contributed by atoms with van der Waals surface area (Å²) >= 11 is 0. The second-order valence-corrected chi connectivity index (χ2v) is 5.00. The maximum absolute atomic E-state index is 14.1. The van der Waals surface area contributed by atoms with Crippen LogP contribution in [0.5, 0.6) is 5.88 Å². The van der Waals surface area contributed by atoms with Crippen molar-refractivity contribution < 1.29 is 9.13 Å². The van der Waals surface area contributed by atoms with Gasteiger partial charge in [0.05, 0.1) is 7.11 Å². The summed E-state index contributed by atoms with van der Waals surface area (Å²) in [7, 11) is 1.57. The van der Waals surface area contributed by atoms with Gasteiger partial charge in [0.15, 0.2) is 0 Å². The molecule has 1 unspecified atom stereocenters. The molecule has 0 radical (unpaired) electrons. The van der Waals surface area contributed by atoms with Gasteiger partial charge in [-0.25, -0.2) is 9.37 Å². The number of hydrogen-bond acceptors (Lipinski definition) is 3. The first-order chi connectivity index (χ1) is 9.51. The highest BCUT2D eigenvalue weighted by Gasteiger charge is 2.15. The Morgan fingerprint density at radius 3 is 2.60 bits per heavy atom.